The van der Waals surface area contributed by atoms with E-state index in [2.05, 4.69) is 0 Å². The predicted octanol–water partition coefficient (Wildman–Crippen LogP) is 5.78. The third kappa shape index (κ3) is 5.52. The largest absolute Gasteiger partial charge is 0.358 e. The van der Waals surface area contributed by atoms with E-state index in [-0.39, 0.29) is 18.1 Å². The number of amides is 1. The number of carbonyl (C=O) groups is 1. The van der Waals surface area contributed by atoms with E-state index in [9.17, 15) is 9.36 Å². The molecule has 1 atom stereocenters. The molecule has 2 aromatic carbocycles. The van der Waals surface area contributed by atoms with Crippen molar-refractivity contribution in [1.82, 2.24) is 0 Å². The Labute approximate surface area is 161 Å². The van der Waals surface area contributed by atoms with Crippen LogP contribution in [0.15, 0.2) is 60.7 Å². The summed E-state index contributed by atoms with van der Waals surface area (Å²) >= 11 is 0. The summed E-state index contributed by atoms with van der Waals surface area (Å²) in [7, 11) is -3.73. The monoisotopic (exact) mass is 389 g/mol. The number of anilines is 1. The van der Waals surface area contributed by atoms with Crippen molar-refractivity contribution in [1.29, 1.82) is 0 Å². The summed E-state index contributed by atoms with van der Waals surface area (Å²) < 4.78 is 25.7. The quantitative estimate of drug-likeness (QED) is 0.537. The van der Waals surface area contributed by atoms with Crippen LogP contribution in [0.1, 0.15) is 46.0 Å². The Morgan fingerprint density at radius 3 is 1.70 bits per heavy atom. The molecule has 0 aliphatic carbocycles. The van der Waals surface area contributed by atoms with Crippen LogP contribution >= 0.6 is 7.60 Å². The topological polar surface area (TPSA) is 55.8 Å². The second-order valence-corrected chi connectivity index (χ2v) is 8.85. The lowest BCUT2D eigenvalue weighted by molar-refractivity contribution is -0.116. The number of nitrogens with zero attached hydrogens (tertiary/aromatic N) is 1. The summed E-state index contributed by atoms with van der Waals surface area (Å²) in [6.07, 6.45) is -0.657. The van der Waals surface area contributed by atoms with Gasteiger partial charge < -0.3 is 9.05 Å². The molecule has 0 N–H and O–H groups in total. The van der Waals surface area contributed by atoms with Crippen LogP contribution in [0, 0.1) is 0 Å². The van der Waals surface area contributed by atoms with E-state index in [1.807, 2.05) is 60.7 Å². The van der Waals surface area contributed by atoms with E-state index in [0.717, 1.165) is 0 Å². The summed E-state index contributed by atoms with van der Waals surface area (Å²) in [6, 6.07) is 18.4. The van der Waals surface area contributed by atoms with Gasteiger partial charge in [-0.25, -0.2) is 0 Å². The standard InChI is InChI=1S/C21H28NO4P/c1-16(2)25-27(24,26-17(3)4)21(19-12-8-6-9-13-19)22(18(5)23)20-14-10-7-11-15-20/h6-17,21H,1-5H3. The van der Waals surface area contributed by atoms with Crippen LogP contribution in [-0.4, -0.2) is 18.1 Å². The molecule has 27 heavy (non-hydrogen) atoms. The maximum absolute atomic E-state index is 14.0. The van der Waals surface area contributed by atoms with Crippen molar-refractivity contribution in [3.63, 3.8) is 0 Å². The lowest BCUT2D eigenvalue weighted by atomic mass is 10.2. The summed E-state index contributed by atoms with van der Waals surface area (Å²) in [5, 5.41) is 0. The van der Waals surface area contributed by atoms with Crippen LogP contribution in [0.4, 0.5) is 5.69 Å². The second kappa shape index (κ2) is 9.32. The number of hydrogen-bond acceptors (Lipinski definition) is 4. The molecule has 0 radical (unpaired) electrons. The highest BCUT2D eigenvalue weighted by Gasteiger charge is 2.44. The molecule has 0 aliphatic heterocycles. The SMILES string of the molecule is CC(=O)N(c1ccccc1)C(c1ccccc1)P(=O)(OC(C)C)OC(C)C. The molecule has 0 aromatic heterocycles. The Kier molecular flexibility index (Phi) is 7.37. The normalized spacial score (nSPS) is 13.0. The van der Waals surface area contributed by atoms with Crippen molar-refractivity contribution in [3.8, 4) is 0 Å². The van der Waals surface area contributed by atoms with Crippen LogP contribution < -0.4 is 4.90 Å². The summed E-state index contributed by atoms with van der Waals surface area (Å²) in [5.41, 5.74) is 1.33. The fourth-order valence-corrected chi connectivity index (χ4v) is 5.48. The number of carbonyl (C=O) groups excluding carboxylic acids is 1. The smallest absolute Gasteiger partial charge is 0.304 e. The third-order valence-electron chi connectivity index (χ3n) is 3.73. The molecule has 1 amide bonds. The summed E-state index contributed by atoms with van der Waals surface area (Å²) in [6.45, 7) is 8.67. The van der Waals surface area contributed by atoms with Gasteiger partial charge in [0, 0.05) is 12.6 Å². The Hall–Kier alpha value is -1.94. The van der Waals surface area contributed by atoms with Crippen molar-refractivity contribution in [2.45, 2.75) is 52.6 Å². The predicted molar refractivity (Wildman–Crippen MR) is 109 cm³/mol. The number of hydrogen-bond donors (Lipinski definition) is 0. The molecule has 1 unspecified atom stereocenters. The molecule has 146 valence electrons. The molecule has 0 saturated carbocycles. The molecule has 0 heterocycles. The molecule has 0 aliphatic rings. The molecule has 2 aromatic rings. The highest BCUT2D eigenvalue weighted by molar-refractivity contribution is 7.54. The maximum atomic E-state index is 14.0. The van der Waals surface area contributed by atoms with E-state index in [1.165, 1.54) is 11.8 Å². The fourth-order valence-electron chi connectivity index (χ4n) is 2.91. The van der Waals surface area contributed by atoms with E-state index >= 15 is 0 Å². The van der Waals surface area contributed by atoms with Gasteiger partial charge in [0.15, 0.2) is 5.78 Å². The molecule has 0 fully saturated rings. The Morgan fingerprint density at radius 2 is 1.30 bits per heavy atom. The maximum Gasteiger partial charge on any atom is 0.358 e. The van der Waals surface area contributed by atoms with Gasteiger partial charge >= 0.3 is 7.60 Å². The highest BCUT2D eigenvalue weighted by Crippen LogP contribution is 2.64. The Balaban J connectivity index is 2.68. The van der Waals surface area contributed by atoms with Gasteiger partial charge in [-0.05, 0) is 45.4 Å². The van der Waals surface area contributed by atoms with Crippen LogP contribution in [0.25, 0.3) is 0 Å². The minimum absolute atomic E-state index is 0.241. The van der Waals surface area contributed by atoms with Crippen molar-refractivity contribution >= 4 is 19.2 Å². The first-order valence-corrected chi connectivity index (χ1v) is 10.7. The lowest BCUT2D eigenvalue weighted by Crippen LogP contribution is -2.35. The zero-order valence-electron chi connectivity index (χ0n) is 16.5. The average molecular weight is 389 g/mol. The highest BCUT2D eigenvalue weighted by atomic mass is 31.2. The van der Waals surface area contributed by atoms with Crippen molar-refractivity contribution in [3.05, 3.63) is 66.2 Å². The van der Waals surface area contributed by atoms with Crippen molar-refractivity contribution in [2.75, 3.05) is 4.90 Å². The first kappa shape index (κ1) is 21.4. The van der Waals surface area contributed by atoms with E-state index in [1.54, 1.807) is 27.7 Å². The first-order chi connectivity index (χ1) is 12.7. The van der Waals surface area contributed by atoms with Gasteiger partial charge in [-0.1, -0.05) is 48.5 Å². The fraction of sp³-hybridized carbons (Fsp3) is 0.381. The third-order valence-corrected chi connectivity index (χ3v) is 6.29. The zero-order chi connectivity index (χ0) is 20.0. The minimum atomic E-state index is -3.73. The molecule has 0 spiro atoms. The number of para-hydroxylation sites is 1. The van der Waals surface area contributed by atoms with Crippen molar-refractivity contribution < 1.29 is 18.4 Å². The van der Waals surface area contributed by atoms with Crippen LogP contribution in [0.3, 0.4) is 0 Å². The van der Waals surface area contributed by atoms with Crippen LogP contribution in [0.2, 0.25) is 0 Å². The molecule has 6 heteroatoms. The van der Waals surface area contributed by atoms with Crippen LogP contribution in [0.5, 0.6) is 0 Å². The number of benzene rings is 2. The van der Waals surface area contributed by atoms with Gasteiger partial charge in [-0.2, -0.15) is 0 Å². The van der Waals surface area contributed by atoms with Gasteiger partial charge in [0.1, 0.15) is 0 Å². The van der Waals surface area contributed by atoms with Crippen LogP contribution in [-0.2, 0) is 18.4 Å². The first-order valence-electron chi connectivity index (χ1n) is 9.11. The van der Waals surface area contributed by atoms with Crippen molar-refractivity contribution in [2.24, 2.45) is 0 Å². The van der Waals surface area contributed by atoms with E-state index < -0.39 is 13.4 Å². The zero-order valence-corrected chi connectivity index (χ0v) is 17.4. The van der Waals surface area contributed by atoms with E-state index in [4.69, 9.17) is 9.05 Å². The average Bonchev–Trinajstić information content (AvgIpc) is 2.59. The van der Waals surface area contributed by atoms with E-state index in [0.29, 0.717) is 11.3 Å². The van der Waals surface area contributed by atoms with Gasteiger partial charge in [0.2, 0.25) is 5.91 Å². The minimum Gasteiger partial charge on any atom is -0.304 e. The summed E-state index contributed by atoms with van der Waals surface area (Å²) in [4.78, 5) is 14.2. The molecule has 5 nitrogen and oxygen atoms in total. The molecular formula is C21H28NO4P. The lowest BCUT2D eigenvalue weighted by Gasteiger charge is -2.37. The molecular weight excluding hydrogens is 361 g/mol. The Bertz CT molecular complexity index is 763. The molecule has 0 bridgehead atoms. The number of rotatable bonds is 8. The second-order valence-electron chi connectivity index (χ2n) is 6.86. The summed E-state index contributed by atoms with van der Waals surface area (Å²) in [5.74, 6) is -1.13. The van der Waals surface area contributed by atoms with Gasteiger partial charge in [-0.15, -0.1) is 0 Å². The van der Waals surface area contributed by atoms with Gasteiger partial charge in [-0.3, -0.25) is 14.3 Å². The van der Waals surface area contributed by atoms with Gasteiger partial charge in [0.25, 0.3) is 0 Å². The van der Waals surface area contributed by atoms with Gasteiger partial charge in [0.05, 0.1) is 12.2 Å². The molecule has 2 rings (SSSR count). The molecule has 0 saturated heterocycles. The Morgan fingerprint density at radius 1 is 0.852 bits per heavy atom.